The second-order valence-electron chi connectivity index (χ2n) is 4.72. The SMILES string of the molecule is CCn1nc(C)c(Br)c1CC(N)C1CCC1. The molecule has 2 rings (SSSR count). The minimum Gasteiger partial charge on any atom is -0.327 e. The quantitative estimate of drug-likeness (QED) is 0.924. The van der Waals surface area contributed by atoms with Gasteiger partial charge in [-0.1, -0.05) is 6.42 Å². The van der Waals surface area contributed by atoms with Gasteiger partial charge in [-0.2, -0.15) is 5.10 Å². The van der Waals surface area contributed by atoms with Crippen LogP contribution in [-0.2, 0) is 13.0 Å². The topological polar surface area (TPSA) is 43.8 Å². The molecule has 0 aromatic carbocycles. The van der Waals surface area contributed by atoms with Crippen LogP contribution in [0.3, 0.4) is 0 Å². The summed E-state index contributed by atoms with van der Waals surface area (Å²) in [6.45, 7) is 5.07. The van der Waals surface area contributed by atoms with E-state index in [2.05, 4.69) is 32.6 Å². The third-order valence-electron chi connectivity index (χ3n) is 3.64. The molecule has 1 saturated carbocycles. The van der Waals surface area contributed by atoms with Crippen molar-refractivity contribution in [2.24, 2.45) is 11.7 Å². The van der Waals surface area contributed by atoms with Gasteiger partial charge in [-0.15, -0.1) is 0 Å². The second-order valence-corrected chi connectivity index (χ2v) is 5.51. The molecule has 1 aliphatic carbocycles. The van der Waals surface area contributed by atoms with Crippen LogP contribution >= 0.6 is 15.9 Å². The fourth-order valence-corrected chi connectivity index (χ4v) is 2.77. The number of hydrogen-bond donors (Lipinski definition) is 1. The molecule has 3 nitrogen and oxygen atoms in total. The van der Waals surface area contributed by atoms with Crippen LogP contribution in [0.25, 0.3) is 0 Å². The molecule has 1 aliphatic rings. The van der Waals surface area contributed by atoms with E-state index in [-0.39, 0.29) is 0 Å². The number of halogens is 1. The molecule has 1 atom stereocenters. The lowest BCUT2D eigenvalue weighted by Crippen LogP contribution is -2.37. The summed E-state index contributed by atoms with van der Waals surface area (Å²) in [5.74, 6) is 0.729. The van der Waals surface area contributed by atoms with Crippen LogP contribution in [0.1, 0.15) is 37.6 Å². The molecule has 0 bridgehead atoms. The van der Waals surface area contributed by atoms with Gasteiger partial charge in [0.15, 0.2) is 0 Å². The first-order valence-corrected chi connectivity index (χ1v) is 6.90. The lowest BCUT2D eigenvalue weighted by atomic mass is 9.78. The van der Waals surface area contributed by atoms with Gasteiger partial charge in [0.1, 0.15) is 0 Å². The average molecular weight is 286 g/mol. The van der Waals surface area contributed by atoms with Gasteiger partial charge in [-0.3, -0.25) is 4.68 Å². The van der Waals surface area contributed by atoms with Crippen molar-refractivity contribution in [3.8, 4) is 0 Å². The first kappa shape index (κ1) is 12.1. The maximum Gasteiger partial charge on any atom is 0.0738 e. The molecule has 1 unspecified atom stereocenters. The lowest BCUT2D eigenvalue weighted by molar-refractivity contribution is 0.258. The fraction of sp³-hybridized carbons (Fsp3) is 0.750. The van der Waals surface area contributed by atoms with Gasteiger partial charge in [0, 0.05) is 19.0 Å². The zero-order valence-corrected chi connectivity index (χ0v) is 11.6. The van der Waals surface area contributed by atoms with Gasteiger partial charge in [0.25, 0.3) is 0 Å². The van der Waals surface area contributed by atoms with Gasteiger partial charge in [-0.05, 0) is 48.5 Å². The van der Waals surface area contributed by atoms with Crippen LogP contribution in [0, 0.1) is 12.8 Å². The van der Waals surface area contributed by atoms with E-state index in [1.165, 1.54) is 25.0 Å². The number of nitrogens with two attached hydrogens (primary N) is 1. The normalized spacial score (nSPS) is 18.5. The van der Waals surface area contributed by atoms with Crippen LogP contribution in [0.4, 0.5) is 0 Å². The van der Waals surface area contributed by atoms with Crippen molar-refractivity contribution in [3.05, 3.63) is 15.9 Å². The van der Waals surface area contributed by atoms with Gasteiger partial charge in [0.2, 0.25) is 0 Å². The third kappa shape index (κ3) is 2.18. The van der Waals surface area contributed by atoms with Gasteiger partial charge >= 0.3 is 0 Å². The molecule has 90 valence electrons. The van der Waals surface area contributed by atoms with E-state index in [4.69, 9.17) is 5.73 Å². The maximum atomic E-state index is 6.25. The monoisotopic (exact) mass is 285 g/mol. The highest BCUT2D eigenvalue weighted by Gasteiger charge is 2.26. The van der Waals surface area contributed by atoms with Crippen LogP contribution in [0.2, 0.25) is 0 Å². The molecule has 0 spiro atoms. The van der Waals surface area contributed by atoms with E-state index >= 15 is 0 Å². The zero-order chi connectivity index (χ0) is 11.7. The highest BCUT2D eigenvalue weighted by atomic mass is 79.9. The van der Waals surface area contributed by atoms with E-state index in [1.54, 1.807) is 0 Å². The van der Waals surface area contributed by atoms with Crippen molar-refractivity contribution >= 4 is 15.9 Å². The number of aryl methyl sites for hydroxylation is 2. The molecular weight excluding hydrogens is 266 g/mol. The standard InChI is InChI=1S/C12H20BrN3/c1-3-16-11(12(13)8(2)15-16)7-10(14)9-5-4-6-9/h9-10H,3-7,14H2,1-2H3. The summed E-state index contributed by atoms with van der Waals surface area (Å²) in [5.41, 5.74) is 8.58. The van der Waals surface area contributed by atoms with E-state index in [0.29, 0.717) is 6.04 Å². The molecule has 4 heteroatoms. The summed E-state index contributed by atoms with van der Waals surface area (Å²) in [4.78, 5) is 0. The van der Waals surface area contributed by atoms with Crippen molar-refractivity contribution in [1.82, 2.24) is 9.78 Å². The first-order chi connectivity index (χ1) is 7.63. The molecule has 1 aromatic rings. The Morgan fingerprint density at radius 2 is 2.25 bits per heavy atom. The van der Waals surface area contributed by atoms with Crippen LogP contribution in [0.5, 0.6) is 0 Å². The second kappa shape index (κ2) is 4.88. The molecule has 0 amide bonds. The smallest absolute Gasteiger partial charge is 0.0738 e. The summed E-state index contributed by atoms with van der Waals surface area (Å²) >= 11 is 3.62. The summed E-state index contributed by atoms with van der Waals surface area (Å²) in [5, 5.41) is 4.50. The van der Waals surface area contributed by atoms with Crippen molar-refractivity contribution in [1.29, 1.82) is 0 Å². The molecule has 0 saturated heterocycles. The first-order valence-electron chi connectivity index (χ1n) is 6.10. The summed E-state index contributed by atoms with van der Waals surface area (Å²) in [6.07, 6.45) is 4.90. The summed E-state index contributed by atoms with van der Waals surface area (Å²) < 4.78 is 3.21. The molecule has 0 aliphatic heterocycles. The Morgan fingerprint density at radius 1 is 1.56 bits per heavy atom. The summed E-state index contributed by atoms with van der Waals surface area (Å²) in [7, 11) is 0. The van der Waals surface area contributed by atoms with Gasteiger partial charge in [-0.25, -0.2) is 0 Å². The highest BCUT2D eigenvalue weighted by molar-refractivity contribution is 9.10. The molecule has 1 heterocycles. The number of aromatic nitrogens is 2. The molecule has 1 fully saturated rings. The largest absolute Gasteiger partial charge is 0.327 e. The molecule has 0 radical (unpaired) electrons. The maximum absolute atomic E-state index is 6.25. The van der Waals surface area contributed by atoms with Crippen LogP contribution in [-0.4, -0.2) is 15.8 Å². The van der Waals surface area contributed by atoms with E-state index in [9.17, 15) is 0 Å². The Morgan fingerprint density at radius 3 is 2.75 bits per heavy atom. The van der Waals surface area contributed by atoms with Crippen molar-refractivity contribution in [2.45, 2.75) is 52.1 Å². The van der Waals surface area contributed by atoms with E-state index in [0.717, 1.165) is 29.1 Å². The summed E-state index contributed by atoms with van der Waals surface area (Å²) in [6, 6.07) is 0.298. The van der Waals surface area contributed by atoms with Gasteiger partial charge in [0.05, 0.1) is 15.9 Å². The predicted molar refractivity (Wildman–Crippen MR) is 69.4 cm³/mol. The fourth-order valence-electron chi connectivity index (χ4n) is 2.32. The molecule has 2 N–H and O–H groups in total. The Kier molecular flexibility index (Phi) is 3.70. The predicted octanol–water partition coefficient (Wildman–Crippen LogP) is 2.64. The Balaban J connectivity index is 2.12. The van der Waals surface area contributed by atoms with Crippen LogP contribution in [0.15, 0.2) is 4.47 Å². The van der Waals surface area contributed by atoms with E-state index < -0.39 is 0 Å². The average Bonchev–Trinajstić information content (AvgIpc) is 2.43. The Hall–Kier alpha value is -0.350. The zero-order valence-electron chi connectivity index (χ0n) is 10.0. The molecule has 1 aromatic heterocycles. The molecule has 16 heavy (non-hydrogen) atoms. The number of rotatable bonds is 4. The third-order valence-corrected chi connectivity index (χ3v) is 4.67. The van der Waals surface area contributed by atoms with E-state index in [1.807, 2.05) is 6.92 Å². The van der Waals surface area contributed by atoms with Crippen molar-refractivity contribution in [2.75, 3.05) is 0 Å². The van der Waals surface area contributed by atoms with Gasteiger partial charge < -0.3 is 5.73 Å². The molecular formula is C12H20BrN3. The van der Waals surface area contributed by atoms with Crippen LogP contribution < -0.4 is 5.73 Å². The number of nitrogens with zero attached hydrogens (tertiary/aromatic N) is 2. The Bertz CT molecular complexity index is 369. The lowest BCUT2D eigenvalue weighted by Gasteiger charge is -2.31. The Labute approximate surface area is 106 Å². The van der Waals surface area contributed by atoms with Crippen molar-refractivity contribution < 1.29 is 0 Å². The highest BCUT2D eigenvalue weighted by Crippen LogP contribution is 2.31. The minimum absolute atomic E-state index is 0.298. The van der Waals surface area contributed by atoms with Crippen molar-refractivity contribution in [3.63, 3.8) is 0 Å². The minimum atomic E-state index is 0.298. The number of hydrogen-bond acceptors (Lipinski definition) is 2.